The number of anilines is 1. The standard InChI is InChI=1S/C10H14N3O2/c1-13(2)8-6-9(14-3)7(12-11)5-10(8)15-4/h5-6H,1-4H3/q+1. The third kappa shape index (κ3) is 2.10. The van der Waals surface area contributed by atoms with Gasteiger partial charge in [0.15, 0.2) is 10.7 Å². The molecule has 0 saturated carbocycles. The van der Waals surface area contributed by atoms with Crippen LogP contribution in [0.15, 0.2) is 12.1 Å². The molecule has 5 heteroatoms. The van der Waals surface area contributed by atoms with E-state index in [0.717, 1.165) is 5.69 Å². The molecule has 1 aromatic rings. The minimum absolute atomic E-state index is 0.347. The van der Waals surface area contributed by atoms with Crippen molar-refractivity contribution in [3.05, 3.63) is 17.1 Å². The Kier molecular flexibility index (Phi) is 3.34. The molecule has 0 aliphatic carbocycles. The van der Waals surface area contributed by atoms with E-state index in [9.17, 15) is 0 Å². The van der Waals surface area contributed by atoms with Gasteiger partial charge in [-0.2, -0.15) is 0 Å². The van der Waals surface area contributed by atoms with Gasteiger partial charge in [-0.3, -0.25) is 0 Å². The molecule has 0 amide bonds. The molecule has 0 N–H and O–H groups in total. The van der Waals surface area contributed by atoms with Crippen LogP contribution in [0, 0.1) is 5.39 Å². The molecule has 0 atom stereocenters. The van der Waals surface area contributed by atoms with Gasteiger partial charge in [-0.15, -0.1) is 0 Å². The van der Waals surface area contributed by atoms with E-state index in [1.165, 1.54) is 7.11 Å². The SMILES string of the molecule is COc1cc(N(C)C)c(OC)cc1[N+]#N. The topological polar surface area (TPSA) is 49.9 Å². The van der Waals surface area contributed by atoms with Crippen molar-refractivity contribution in [3.63, 3.8) is 0 Å². The van der Waals surface area contributed by atoms with Crippen molar-refractivity contribution in [2.45, 2.75) is 0 Å². The number of benzene rings is 1. The number of nitrogens with zero attached hydrogens (tertiary/aromatic N) is 3. The molecule has 0 unspecified atom stereocenters. The average Bonchev–Trinajstić information content (AvgIpc) is 2.26. The molecule has 15 heavy (non-hydrogen) atoms. The van der Waals surface area contributed by atoms with Gasteiger partial charge in [-0.25, -0.2) is 0 Å². The number of hydrogen-bond acceptors (Lipinski definition) is 4. The number of diazo groups is 1. The van der Waals surface area contributed by atoms with Crippen molar-refractivity contribution in [2.24, 2.45) is 0 Å². The molecule has 0 heterocycles. The van der Waals surface area contributed by atoms with Crippen LogP contribution in [0.5, 0.6) is 11.5 Å². The molecular formula is C10H14N3O2+. The molecule has 0 aliphatic heterocycles. The summed E-state index contributed by atoms with van der Waals surface area (Å²) in [6, 6.07) is 3.38. The zero-order chi connectivity index (χ0) is 11.4. The summed E-state index contributed by atoms with van der Waals surface area (Å²) >= 11 is 0. The number of hydrogen-bond donors (Lipinski definition) is 0. The second kappa shape index (κ2) is 4.51. The highest BCUT2D eigenvalue weighted by molar-refractivity contribution is 5.71. The van der Waals surface area contributed by atoms with Gasteiger partial charge >= 0.3 is 5.69 Å². The van der Waals surface area contributed by atoms with Crippen LogP contribution in [0.25, 0.3) is 4.98 Å². The Morgan fingerprint density at radius 1 is 1.13 bits per heavy atom. The lowest BCUT2D eigenvalue weighted by atomic mass is 10.2. The lowest BCUT2D eigenvalue weighted by Crippen LogP contribution is -2.10. The largest absolute Gasteiger partial charge is 0.494 e. The summed E-state index contributed by atoms with van der Waals surface area (Å²) in [5.74, 6) is 1.13. The van der Waals surface area contributed by atoms with Crippen LogP contribution in [-0.2, 0) is 0 Å². The van der Waals surface area contributed by atoms with E-state index in [1.807, 2.05) is 19.0 Å². The van der Waals surface area contributed by atoms with Crippen molar-refractivity contribution in [1.29, 1.82) is 5.39 Å². The average molecular weight is 208 g/mol. The Labute approximate surface area is 88.8 Å². The fourth-order valence-corrected chi connectivity index (χ4v) is 1.29. The maximum absolute atomic E-state index is 8.77. The quantitative estimate of drug-likeness (QED) is 0.715. The van der Waals surface area contributed by atoms with Crippen LogP contribution in [-0.4, -0.2) is 28.3 Å². The predicted molar refractivity (Wildman–Crippen MR) is 58.6 cm³/mol. The van der Waals surface area contributed by atoms with Crippen LogP contribution in [0.1, 0.15) is 0 Å². The summed E-state index contributed by atoms with van der Waals surface area (Å²) in [7, 11) is 6.88. The molecule has 0 fully saturated rings. The van der Waals surface area contributed by atoms with Gasteiger partial charge in [0, 0.05) is 20.2 Å². The fraction of sp³-hybridized carbons (Fsp3) is 0.400. The zero-order valence-electron chi connectivity index (χ0n) is 9.31. The Hall–Kier alpha value is -1.96. The van der Waals surface area contributed by atoms with E-state index in [-0.39, 0.29) is 0 Å². The van der Waals surface area contributed by atoms with Crippen molar-refractivity contribution in [1.82, 2.24) is 0 Å². The molecule has 1 rings (SSSR count). The monoisotopic (exact) mass is 208 g/mol. The molecule has 0 aliphatic rings. The molecule has 1 aromatic carbocycles. The van der Waals surface area contributed by atoms with Crippen molar-refractivity contribution in [3.8, 4) is 11.5 Å². The van der Waals surface area contributed by atoms with Crippen molar-refractivity contribution >= 4 is 11.4 Å². The van der Waals surface area contributed by atoms with Gasteiger partial charge in [0.25, 0.3) is 0 Å². The predicted octanol–water partition coefficient (Wildman–Crippen LogP) is 2.25. The van der Waals surface area contributed by atoms with E-state index in [4.69, 9.17) is 14.9 Å². The highest BCUT2D eigenvalue weighted by Crippen LogP contribution is 2.39. The number of ether oxygens (including phenoxy) is 2. The maximum Gasteiger partial charge on any atom is 0.430 e. The lowest BCUT2D eigenvalue weighted by molar-refractivity contribution is 0.405. The highest BCUT2D eigenvalue weighted by atomic mass is 16.5. The van der Waals surface area contributed by atoms with Crippen molar-refractivity contribution < 1.29 is 9.47 Å². The highest BCUT2D eigenvalue weighted by Gasteiger charge is 2.20. The van der Waals surface area contributed by atoms with Crippen molar-refractivity contribution in [2.75, 3.05) is 33.2 Å². The minimum Gasteiger partial charge on any atom is -0.494 e. The van der Waals surface area contributed by atoms with Crippen LogP contribution in [0.2, 0.25) is 0 Å². The minimum atomic E-state index is 0.347. The second-order valence-corrected chi connectivity index (χ2v) is 3.19. The van der Waals surface area contributed by atoms with Gasteiger partial charge in [0.05, 0.1) is 26.0 Å². The van der Waals surface area contributed by atoms with Gasteiger partial charge < -0.3 is 14.4 Å². The third-order valence-electron chi connectivity index (χ3n) is 2.07. The van der Waals surface area contributed by atoms with Crippen LogP contribution in [0.3, 0.4) is 0 Å². The van der Waals surface area contributed by atoms with E-state index in [1.54, 1.807) is 19.2 Å². The summed E-state index contributed by atoms with van der Waals surface area (Å²) < 4.78 is 10.3. The fourth-order valence-electron chi connectivity index (χ4n) is 1.29. The Balaban J connectivity index is 3.36. The molecule has 0 aromatic heterocycles. The van der Waals surface area contributed by atoms with Gasteiger partial charge in [-0.1, -0.05) is 0 Å². The first-order valence-corrected chi connectivity index (χ1v) is 4.42. The van der Waals surface area contributed by atoms with E-state index < -0.39 is 0 Å². The van der Waals surface area contributed by atoms with E-state index in [0.29, 0.717) is 17.2 Å². The van der Waals surface area contributed by atoms with Gasteiger partial charge in [-0.05, 0) is 0 Å². The zero-order valence-corrected chi connectivity index (χ0v) is 9.31. The molecule has 0 bridgehead atoms. The van der Waals surface area contributed by atoms with E-state index in [2.05, 4.69) is 4.98 Å². The molecule has 0 saturated heterocycles. The Morgan fingerprint density at radius 2 is 1.73 bits per heavy atom. The number of methoxy groups -OCH3 is 2. The van der Waals surface area contributed by atoms with E-state index >= 15 is 0 Å². The first-order valence-electron chi connectivity index (χ1n) is 4.42. The lowest BCUT2D eigenvalue weighted by Gasteiger charge is -2.16. The third-order valence-corrected chi connectivity index (χ3v) is 2.07. The molecular weight excluding hydrogens is 194 g/mol. The molecule has 0 spiro atoms. The van der Waals surface area contributed by atoms with Crippen LogP contribution >= 0.6 is 0 Å². The summed E-state index contributed by atoms with van der Waals surface area (Å²) in [6.45, 7) is 0. The smallest absolute Gasteiger partial charge is 0.430 e. The Bertz CT molecular complexity index is 396. The van der Waals surface area contributed by atoms with Crippen LogP contribution < -0.4 is 14.4 Å². The first-order chi connectivity index (χ1) is 7.13. The van der Waals surface area contributed by atoms with Crippen LogP contribution in [0.4, 0.5) is 11.4 Å². The molecule has 5 nitrogen and oxygen atoms in total. The summed E-state index contributed by atoms with van der Waals surface area (Å²) in [5.41, 5.74) is 1.21. The summed E-state index contributed by atoms with van der Waals surface area (Å²) in [5, 5.41) is 8.77. The Morgan fingerprint density at radius 3 is 2.13 bits per heavy atom. The summed E-state index contributed by atoms with van der Waals surface area (Å²) in [6.07, 6.45) is 0. The molecule has 80 valence electrons. The normalized spacial score (nSPS) is 9.27. The van der Waals surface area contributed by atoms with Gasteiger partial charge in [0.2, 0.25) is 11.1 Å². The number of rotatable bonds is 3. The first kappa shape index (κ1) is 11.1. The second-order valence-electron chi connectivity index (χ2n) is 3.19. The van der Waals surface area contributed by atoms with Gasteiger partial charge in [0.1, 0.15) is 0 Å². The summed E-state index contributed by atoms with van der Waals surface area (Å²) in [4.78, 5) is 5.02. The maximum atomic E-state index is 8.77. The molecule has 0 radical (unpaired) electrons.